The van der Waals surface area contributed by atoms with Crippen LogP contribution in [0.1, 0.15) is 33.6 Å². The van der Waals surface area contributed by atoms with Crippen LogP contribution in [0.25, 0.3) is 0 Å². The topological polar surface area (TPSA) is 78.9 Å². The molecule has 1 fully saturated rings. The number of nitrogens with one attached hydrogen (secondary N) is 1. The van der Waals surface area contributed by atoms with E-state index in [2.05, 4.69) is 5.32 Å². The van der Waals surface area contributed by atoms with Crippen LogP contribution in [-0.4, -0.2) is 59.8 Å². The van der Waals surface area contributed by atoms with Crippen LogP contribution in [0.4, 0.5) is 0 Å². The number of likely N-dealkylation sites (tertiary alicyclic amines) is 1. The van der Waals surface area contributed by atoms with Gasteiger partial charge in [0, 0.05) is 25.7 Å². The van der Waals surface area contributed by atoms with Crippen molar-refractivity contribution in [2.45, 2.75) is 45.3 Å². The molecule has 2 N–H and O–H groups in total. The highest BCUT2D eigenvalue weighted by atomic mass is 16.6. The second-order valence-electron chi connectivity index (χ2n) is 5.91. The zero-order valence-electron chi connectivity index (χ0n) is 11.9. The number of nitrogens with zero attached hydrogens (tertiary/aromatic N) is 1. The number of carbonyl (C=O) groups is 2. The second kappa shape index (κ2) is 6.86. The van der Waals surface area contributed by atoms with Gasteiger partial charge in [0.1, 0.15) is 5.60 Å². The van der Waals surface area contributed by atoms with Gasteiger partial charge in [-0.2, -0.15) is 0 Å². The van der Waals surface area contributed by atoms with Gasteiger partial charge >= 0.3 is 11.9 Å². The molecule has 0 aromatic rings. The standard InChI is InChI=1S/C13H24N2O4/c1-13(2,3)19-12(18)4-6-14-10-5-7-15(8-10)9-11(16)17/h10,14H,4-9H2,1-3H3,(H,16,17)/t10-/m0/s1. The zero-order chi connectivity index (χ0) is 14.5. The Labute approximate surface area is 114 Å². The normalized spacial score (nSPS) is 20.5. The number of ether oxygens (including phenoxy) is 1. The Morgan fingerprint density at radius 3 is 2.68 bits per heavy atom. The molecule has 0 saturated carbocycles. The van der Waals surface area contributed by atoms with Gasteiger partial charge in [-0.15, -0.1) is 0 Å². The third kappa shape index (κ3) is 7.12. The first-order valence-electron chi connectivity index (χ1n) is 6.65. The van der Waals surface area contributed by atoms with E-state index in [0.29, 0.717) is 13.0 Å². The fourth-order valence-corrected chi connectivity index (χ4v) is 2.11. The molecule has 0 aromatic carbocycles. The number of carboxylic acid groups (broad SMARTS) is 1. The Bertz CT molecular complexity index is 325. The summed E-state index contributed by atoms with van der Waals surface area (Å²) in [6.45, 7) is 7.71. The van der Waals surface area contributed by atoms with Crippen molar-refractivity contribution >= 4 is 11.9 Å². The molecule has 0 amide bonds. The summed E-state index contributed by atoms with van der Waals surface area (Å²) in [6.07, 6.45) is 1.26. The summed E-state index contributed by atoms with van der Waals surface area (Å²) in [7, 11) is 0. The first kappa shape index (κ1) is 15.9. The van der Waals surface area contributed by atoms with Gasteiger partial charge in [0.25, 0.3) is 0 Å². The molecule has 0 aliphatic carbocycles. The molecule has 1 saturated heterocycles. The molecule has 6 heteroatoms. The van der Waals surface area contributed by atoms with Crippen molar-refractivity contribution in [3.63, 3.8) is 0 Å². The smallest absolute Gasteiger partial charge is 0.317 e. The van der Waals surface area contributed by atoms with Crippen molar-refractivity contribution in [2.24, 2.45) is 0 Å². The third-order valence-corrected chi connectivity index (χ3v) is 2.81. The number of esters is 1. The van der Waals surface area contributed by atoms with Crippen LogP contribution in [0.3, 0.4) is 0 Å². The molecule has 0 bridgehead atoms. The van der Waals surface area contributed by atoms with Crippen LogP contribution in [0.15, 0.2) is 0 Å². The number of aliphatic carboxylic acids is 1. The highest BCUT2D eigenvalue weighted by molar-refractivity contribution is 5.70. The van der Waals surface area contributed by atoms with E-state index in [1.165, 1.54) is 0 Å². The fourth-order valence-electron chi connectivity index (χ4n) is 2.11. The molecule has 1 heterocycles. The molecule has 1 atom stereocenters. The maximum atomic E-state index is 11.5. The lowest BCUT2D eigenvalue weighted by Gasteiger charge is -2.20. The van der Waals surface area contributed by atoms with Crippen LogP contribution in [0.2, 0.25) is 0 Å². The van der Waals surface area contributed by atoms with E-state index >= 15 is 0 Å². The average molecular weight is 272 g/mol. The van der Waals surface area contributed by atoms with E-state index < -0.39 is 11.6 Å². The van der Waals surface area contributed by atoms with E-state index in [9.17, 15) is 9.59 Å². The number of carbonyl (C=O) groups excluding carboxylic acids is 1. The molecule has 0 unspecified atom stereocenters. The number of rotatable bonds is 6. The van der Waals surface area contributed by atoms with Crippen molar-refractivity contribution in [3.05, 3.63) is 0 Å². The molecule has 19 heavy (non-hydrogen) atoms. The van der Waals surface area contributed by atoms with Crippen molar-refractivity contribution < 1.29 is 19.4 Å². The SMILES string of the molecule is CC(C)(C)OC(=O)CCN[C@H]1CCN(CC(=O)O)C1. The van der Waals surface area contributed by atoms with Gasteiger partial charge in [0.05, 0.1) is 13.0 Å². The van der Waals surface area contributed by atoms with E-state index in [0.717, 1.165) is 19.5 Å². The molecule has 110 valence electrons. The van der Waals surface area contributed by atoms with Gasteiger partial charge in [-0.3, -0.25) is 14.5 Å². The minimum absolute atomic E-state index is 0.0875. The monoisotopic (exact) mass is 272 g/mol. The number of carboxylic acids is 1. The summed E-state index contributed by atoms with van der Waals surface area (Å²) in [5.74, 6) is -1.00. The van der Waals surface area contributed by atoms with Gasteiger partial charge in [-0.05, 0) is 27.2 Å². The minimum atomic E-state index is -0.797. The lowest BCUT2D eigenvalue weighted by atomic mass is 10.2. The molecule has 1 rings (SSSR count). The van der Waals surface area contributed by atoms with Crippen LogP contribution in [0, 0.1) is 0 Å². The van der Waals surface area contributed by atoms with E-state index in [4.69, 9.17) is 9.84 Å². The molecular formula is C13H24N2O4. The first-order valence-corrected chi connectivity index (χ1v) is 6.65. The molecule has 0 spiro atoms. The summed E-state index contributed by atoms with van der Waals surface area (Å²) >= 11 is 0. The highest BCUT2D eigenvalue weighted by Crippen LogP contribution is 2.10. The molecule has 1 aliphatic rings. The predicted octanol–water partition coefficient (Wildman–Crippen LogP) is 0.467. The summed E-state index contributed by atoms with van der Waals surface area (Å²) in [5.41, 5.74) is -0.442. The fraction of sp³-hybridized carbons (Fsp3) is 0.846. The van der Waals surface area contributed by atoms with Crippen molar-refractivity contribution in [3.8, 4) is 0 Å². The van der Waals surface area contributed by atoms with Crippen molar-refractivity contribution in [1.29, 1.82) is 0 Å². The van der Waals surface area contributed by atoms with Crippen LogP contribution in [-0.2, 0) is 14.3 Å². The number of hydrogen-bond donors (Lipinski definition) is 2. The Hall–Kier alpha value is -1.14. The number of hydrogen-bond acceptors (Lipinski definition) is 5. The molecule has 6 nitrogen and oxygen atoms in total. The summed E-state index contributed by atoms with van der Waals surface area (Å²) in [6, 6.07) is 0.266. The second-order valence-corrected chi connectivity index (χ2v) is 5.91. The minimum Gasteiger partial charge on any atom is -0.480 e. The lowest BCUT2D eigenvalue weighted by Crippen LogP contribution is -2.36. The molecule has 0 radical (unpaired) electrons. The zero-order valence-corrected chi connectivity index (χ0v) is 11.9. The Kier molecular flexibility index (Phi) is 5.75. The van der Waals surface area contributed by atoms with Gasteiger partial charge in [0.15, 0.2) is 0 Å². The van der Waals surface area contributed by atoms with Gasteiger partial charge in [-0.25, -0.2) is 0 Å². The molecule has 1 aliphatic heterocycles. The van der Waals surface area contributed by atoms with Crippen molar-refractivity contribution in [2.75, 3.05) is 26.2 Å². The van der Waals surface area contributed by atoms with E-state index in [1.807, 2.05) is 25.7 Å². The van der Waals surface area contributed by atoms with E-state index in [-0.39, 0.29) is 18.6 Å². The third-order valence-electron chi connectivity index (χ3n) is 2.81. The van der Waals surface area contributed by atoms with Crippen molar-refractivity contribution in [1.82, 2.24) is 10.2 Å². The van der Waals surface area contributed by atoms with Crippen LogP contribution >= 0.6 is 0 Å². The molecular weight excluding hydrogens is 248 g/mol. The summed E-state index contributed by atoms with van der Waals surface area (Å²) in [4.78, 5) is 24.0. The van der Waals surface area contributed by atoms with Crippen LogP contribution in [0.5, 0.6) is 0 Å². The maximum absolute atomic E-state index is 11.5. The van der Waals surface area contributed by atoms with Gasteiger partial charge in [-0.1, -0.05) is 0 Å². The molecule has 0 aromatic heterocycles. The highest BCUT2D eigenvalue weighted by Gasteiger charge is 2.23. The Balaban J connectivity index is 2.14. The van der Waals surface area contributed by atoms with Gasteiger partial charge < -0.3 is 15.2 Å². The maximum Gasteiger partial charge on any atom is 0.317 e. The Morgan fingerprint density at radius 1 is 1.42 bits per heavy atom. The first-order chi connectivity index (χ1) is 8.76. The lowest BCUT2D eigenvalue weighted by molar-refractivity contribution is -0.154. The van der Waals surface area contributed by atoms with E-state index in [1.54, 1.807) is 0 Å². The quantitative estimate of drug-likeness (QED) is 0.684. The Morgan fingerprint density at radius 2 is 2.11 bits per heavy atom. The van der Waals surface area contributed by atoms with Gasteiger partial charge in [0.2, 0.25) is 0 Å². The average Bonchev–Trinajstić information content (AvgIpc) is 2.61. The predicted molar refractivity (Wildman–Crippen MR) is 70.9 cm³/mol. The largest absolute Gasteiger partial charge is 0.480 e. The van der Waals surface area contributed by atoms with Crippen LogP contribution < -0.4 is 5.32 Å². The summed E-state index contributed by atoms with van der Waals surface area (Å²) in [5, 5.41) is 12.0. The summed E-state index contributed by atoms with van der Waals surface area (Å²) < 4.78 is 5.21.